The molecule has 0 unspecified atom stereocenters. The Kier molecular flexibility index (Phi) is 5.13. The van der Waals surface area contributed by atoms with E-state index < -0.39 is 0 Å². The van der Waals surface area contributed by atoms with Crippen molar-refractivity contribution in [3.63, 3.8) is 0 Å². The van der Waals surface area contributed by atoms with E-state index in [4.69, 9.17) is 4.98 Å². The molecule has 1 saturated heterocycles. The fourth-order valence-electron chi connectivity index (χ4n) is 4.33. The fourth-order valence-corrected chi connectivity index (χ4v) is 4.33. The van der Waals surface area contributed by atoms with Crippen LogP contribution in [0.4, 0.5) is 5.69 Å². The van der Waals surface area contributed by atoms with Crippen LogP contribution in [0.3, 0.4) is 0 Å². The first-order chi connectivity index (χ1) is 15.2. The summed E-state index contributed by atoms with van der Waals surface area (Å²) in [5.41, 5.74) is 5.87. The molecular weight excluding hydrogens is 382 g/mol. The fraction of sp³-hybridized carbons (Fsp3) is 0.185. The van der Waals surface area contributed by atoms with Gasteiger partial charge in [0.1, 0.15) is 0 Å². The maximum atomic E-state index is 13.6. The third-order valence-electron chi connectivity index (χ3n) is 6.06. The Morgan fingerprint density at radius 3 is 2.26 bits per heavy atom. The smallest absolute Gasteiger partial charge is 0.254 e. The summed E-state index contributed by atoms with van der Waals surface area (Å²) in [6.07, 6.45) is 0. The van der Waals surface area contributed by atoms with Crippen molar-refractivity contribution in [1.29, 1.82) is 0 Å². The Morgan fingerprint density at radius 2 is 1.48 bits per heavy atom. The third kappa shape index (κ3) is 3.77. The Hall–Kier alpha value is -3.66. The highest BCUT2D eigenvalue weighted by atomic mass is 16.2. The number of amides is 1. The lowest BCUT2D eigenvalue weighted by Gasteiger charge is -2.36. The summed E-state index contributed by atoms with van der Waals surface area (Å²) in [4.78, 5) is 22.8. The summed E-state index contributed by atoms with van der Waals surface area (Å²) >= 11 is 0. The van der Waals surface area contributed by atoms with Gasteiger partial charge in [0.15, 0.2) is 0 Å². The van der Waals surface area contributed by atoms with Crippen molar-refractivity contribution in [1.82, 2.24) is 9.88 Å². The van der Waals surface area contributed by atoms with Crippen molar-refractivity contribution >= 4 is 22.5 Å². The number of carbonyl (C=O) groups excluding carboxylic acids is 1. The quantitative estimate of drug-likeness (QED) is 0.470. The second-order valence-electron chi connectivity index (χ2n) is 8.00. The number of para-hydroxylation sites is 2. The summed E-state index contributed by atoms with van der Waals surface area (Å²) in [5, 5.41) is 0.912. The SMILES string of the molecule is Cc1ccccc1-c1cc(C(=O)N2CCN(c3ccccc3)CC2)c2ccccc2n1. The molecule has 1 fully saturated rings. The van der Waals surface area contributed by atoms with Crippen molar-refractivity contribution < 1.29 is 4.79 Å². The molecule has 4 aromatic rings. The Morgan fingerprint density at radius 1 is 0.806 bits per heavy atom. The molecule has 3 aromatic carbocycles. The van der Waals surface area contributed by atoms with E-state index in [0.29, 0.717) is 13.1 Å². The van der Waals surface area contributed by atoms with Gasteiger partial charge in [-0.3, -0.25) is 4.79 Å². The molecule has 1 aliphatic rings. The van der Waals surface area contributed by atoms with Gasteiger partial charge in [0.2, 0.25) is 0 Å². The number of piperazine rings is 1. The number of anilines is 1. The van der Waals surface area contributed by atoms with Crippen LogP contribution in [0.1, 0.15) is 15.9 Å². The van der Waals surface area contributed by atoms with Crippen molar-refractivity contribution in [3.05, 3.63) is 96.1 Å². The van der Waals surface area contributed by atoms with Gasteiger partial charge in [-0.2, -0.15) is 0 Å². The number of hydrogen-bond donors (Lipinski definition) is 0. The molecule has 1 amide bonds. The highest BCUT2D eigenvalue weighted by Crippen LogP contribution is 2.28. The van der Waals surface area contributed by atoms with E-state index in [2.05, 4.69) is 48.2 Å². The van der Waals surface area contributed by atoms with Gasteiger partial charge in [-0.1, -0.05) is 60.7 Å². The molecule has 5 rings (SSSR count). The predicted molar refractivity (Wildman–Crippen MR) is 126 cm³/mol. The van der Waals surface area contributed by atoms with Gasteiger partial charge >= 0.3 is 0 Å². The summed E-state index contributed by atoms with van der Waals surface area (Å²) < 4.78 is 0. The van der Waals surface area contributed by atoms with Crippen molar-refractivity contribution in [2.75, 3.05) is 31.1 Å². The van der Waals surface area contributed by atoms with Crippen LogP contribution in [-0.4, -0.2) is 42.0 Å². The van der Waals surface area contributed by atoms with Crippen LogP contribution in [0.15, 0.2) is 84.9 Å². The van der Waals surface area contributed by atoms with Gasteiger partial charge in [0, 0.05) is 42.8 Å². The van der Waals surface area contributed by atoms with Crippen LogP contribution < -0.4 is 4.90 Å². The van der Waals surface area contributed by atoms with Gasteiger partial charge in [0.25, 0.3) is 5.91 Å². The monoisotopic (exact) mass is 407 g/mol. The lowest BCUT2D eigenvalue weighted by atomic mass is 10.00. The molecular formula is C27H25N3O. The highest BCUT2D eigenvalue weighted by Gasteiger charge is 2.24. The molecule has 1 aliphatic heterocycles. The average molecular weight is 408 g/mol. The molecule has 0 atom stereocenters. The summed E-state index contributed by atoms with van der Waals surface area (Å²) in [6, 6.07) is 28.5. The lowest BCUT2D eigenvalue weighted by molar-refractivity contribution is 0.0748. The van der Waals surface area contributed by atoms with Gasteiger partial charge in [-0.25, -0.2) is 4.98 Å². The maximum Gasteiger partial charge on any atom is 0.254 e. The first-order valence-electron chi connectivity index (χ1n) is 10.8. The summed E-state index contributed by atoms with van der Waals surface area (Å²) in [6.45, 7) is 5.18. The second-order valence-corrected chi connectivity index (χ2v) is 8.00. The molecule has 0 bridgehead atoms. The Labute approximate surface area is 182 Å². The van der Waals surface area contributed by atoms with Gasteiger partial charge in [0.05, 0.1) is 16.8 Å². The van der Waals surface area contributed by atoms with Gasteiger partial charge < -0.3 is 9.80 Å². The zero-order chi connectivity index (χ0) is 21.2. The van der Waals surface area contributed by atoms with E-state index in [-0.39, 0.29) is 5.91 Å². The number of fused-ring (bicyclic) bond motifs is 1. The van der Waals surface area contributed by atoms with E-state index in [9.17, 15) is 4.79 Å². The average Bonchev–Trinajstić information content (AvgIpc) is 2.84. The van der Waals surface area contributed by atoms with Gasteiger partial charge in [-0.05, 0) is 36.8 Å². The molecule has 0 aliphatic carbocycles. The summed E-state index contributed by atoms with van der Waals surface area (Å²) in [5.74, 6) is 0.0844. The van der Waals surface area contributed by atoms with Crippen LogP contribution in [0, 0.1) is 6.92 Å². The molecule has 4 heteroatoms. The second kappa shape index (κ2) is 8.23. The number of pyridine rings is 1. The minimum absolute atomic E-state index is 0.0844. The number of benzene rings is 3. The lowest BCUT2D eigenvalue weighted by Crippen LogP contribution is -2.48. The first kappa shape index (κ1) is 19.3. The van der Waals surface area contributed by atoms with E-state index in [0.717, 1.165) is 46.4 Å². The number of hydrogen-bond acceptors (Lipinski definition) is 3. The summed E-state index contributed by atoms with van der Waals surface area (Å²) in [7, 11) is 0. The molecule has 0 radical (unpaired) electrons. The third-order valence-corrected chi connectivity index (χ3v) is 6.06. The largest absolute Gasteiger partial charge is 0.368 e. The van der Waals surface area contributed by atoms with E-state index in [1.807, 2.05) is 53.4 Å². The van der Waals surface area contributed by atoms with Crippen LogP contribution in [0.5, 0.6) is 0 Å². The zero-order valence-electron chi connectivity index (χ0n) is 17.7. The number of carbonyl (C=O) groups is 1. The Bertz CT molecular complexity index is 1230. The van der Waals surface area contributed by atoms with Crippen LogP contribution in [0.25, 0.3) is 22.2 Å². The van der Waals surface area contributed by atoms with Crippen LogP contribution >= 0.6 is 0 Å². The molecule has 154 valence electrons. The van der Waals surface area contributed by atoms with Crippen LogP contribution in [0.2, 0.25) is 0 Å². The zero-order valence-corrected chi connectivity index (χ0v) is 17.7. The number of nitrogens with zero attached hydrogens (tertiary/aromatic N) is 3. The normalized spacial score (nSPS) is 14.1. The Balaban J connectivity index is 1.47. The molecule has 4 nitrogen and oxygen atoms in total. The molecule has 0 spiro atoms. The van der Waals surface area contributed by atoms with E-state index in [1.165, 1.54) is 5.69 Å². The van der Waals surface area contributed by atoms with E-state index in [1.54, 1.807) is 0 Å². The number of aryl methyl sites for hydroxylation is 1. The van der Waals surface area contributed by atoms with Crippen molar-refractivity contribution in [2.45, 2.75) is 6.92 Å². The molecule has 0 N–H and O–H groups in total. The minimum atomic E-state index is 0.0844. The highest BCUT2D eigenvalue weighted by molar-refractivity contribution is 6.07. The molecule has 2 heterocycles. The van der Waals surface area contributed by atoms with E-state index >= 15 is 0 Å². The molecule has 0 saturated carbocycles. The first-order valence-corrected chi connectivity index (χ1v) is 10.8. The molecule has 1 aromatic heterocycles. The number of rotatable bonds is 3. The van der Waals surface area contributed by atoms with Crippen LogP contribution in [-0.2, 0) is 0 Å². The van der Waals surface area contributed by atoms with Gasteiger partial charge in [-0.15, -0.1) is 0 Å². The molecule has 31 heavy (non-hydrogen) atoms. The minimum Gasteiger partial charge on any atom is -0.368 e. The standard InChI is InChI=1S/C27H25N3O/c1-20-9-5-6-12-22(20)26-19-24(23-13-7-8-14-25(23)28-26)27(31)30-17-15-29(16-18-30)21-10-3-2-4-11-21/h2-14,19H,15-18H2,1H3. The van der Waals surface area contributed by atoms with Crippen molar-refractivity contribution in [3.8, 4) is 11.3 Å². The number of aromatic nitrogens is 1. The maximum absolute atomic E-state index is 13.6. The topological polar surface area (TPSA) is 36.4 Å². The van der Waals surface area contributed by atoms with Crippen molar-refractivity contribution in [2.24, 2.45) is 0 Å². The predicted octanol–water partition coefficient (Wildman–Crippen LogP) is 5.17.